The summed E-state index contributed by atoms with van der Waals surface area (Å²) in [6.07, 6.45) is 2.82. The van der Waals surface area contributed by atoms with Gasteiger partial charge in [0, 0.05) is 12.7 Å². The molecule has 6 heteroatoms. The van der Waals surface area contributed by atoms with Gasteiger partial charge < -0.3 is 5.32 Å². The lowest BCUT2D eigenvalue weighted by atomic mass is 10.2. The van der Waals surface area contributed by atoms with Crippen molar-refractivity contribution in [2.24, 2.45) is 0 Å². The summed E-state index contributed by atoms with van der Waals surface area (Å²) in [4.78, 5) is 11.5. The molecule has 0 atom stereocenters. The molecule has 2 aromatic rings. The monoisotopic (exact) mass is 237 g/mol. The first kappa shape index (κ1) is 11.3. The van der Waals surface area contributed by atoms with Crippen LogP contribution in [0, 0.1) is 11.6 Å². The number of carbonyl (C=O) groups excluding carboxylic acids is 1. The molecule has 0 saturated heterocycles. The molecule has 1 aromatic heterocycles. The highest BCUT2D eigenvalue weighted by Gasteiger charge is 2.07. The van der Waals surface area contributed by atoms with Crippen LogP contribution in [0.4, 0.5) is 8.78 Å². The first-order chi connectivity index (χ1) is 8.16. The number of halogens is 2. The Labute approximate surface area is 95.7 Å². The average Bonchev–Trinajstić information content (AvgIpc) is 2.84. The van der Waals surface area contributed by atoms with Gasteiger partial charge in [-0.2, -0.15) is 5.10 Å². The average molecular weight is 237 g/mol. The smallest absolute Gasteiger partial charge is 0.254 e. The van der Waals surface area contributed by atoms with Crippen LogP contribution in [0.3, 0.4) is 0 Å². The zero-order valence-corrected chi connectivity index (χ0v) is 8.71. The Balaban J connectivity index is 1.98. The van der Waals surface area contributed by atoms with E-state index in [-0.39, 0.29) is 12.5 Å². The minimum Gasteiger partial charge on any atom is -0.348 e. The molecule has 1 heterocycles. The van der Waals surface area contributed by atoms with Crippen molar-refractivity contribution < 1.29 is 13.6 Å². The van der Waals surface area contributed by atoms with Crippen LogP contribution in [0.25, 0.3) is 0 Å². The van der Waals surface area contributed by atoms with Gasteiger partial charge in [0.15, 0.2) is 11.6 Å². The zero-order chi connectivity index (χ0) is 12.3. The van der Waals surface area contributed by atoms with E-state index in [1.54, 1.807) is 0 Å². The molecule has 0 radical (unpaired) electrons. The van der Waals surface area contributed by atoms with E-state index in [4.69, 9.17) is 0 Å². The molecule has 0 aliphatic heterocycles. The maximum Gasteiger partial charge on any atom is 0.254 e. The minimum atomic E-state index is -0.930. The molecule has 17 heavy (non-hydrogen) atoms. The van der Waals surface area contributed by atoms with E-state index in [2.05, 4.69) is 15.5 Å². The Bertz CT molecular complexity index is 526. The minimum absolute atomic E-state index is 0.126. The van der Waals surface area contributed by atoms with E-state index in [1.165, 1.54) is 18.5 Å². The van der Waals surface area contributed by atoms with Crippen molar-refractivity contribution in [3.63, 3.8) is 0 Å². The molecule has 0 unspecified atom stereocenters. The van der Waals surface area contributed by atoms with Crippen LogP contribution >= 0.6 is 0 Å². The number of H-pyrrole nitrogens is 1. The highest BCUT2D eigenvalue weighted by molar-refractivity contribution is 5.93. The predicted octanol–water partition coefficient (Wildman–Crippen LogP) is 1.62. The van der Waals surface area contributed by atoms with E-state index in [0.717, 1.165) is 12.1 Å². The first-order valence-corrected chi connectivity index (χ1v) is 4.88. The van der Waals surface area contributed by atoms with Crippen LogP contribution in [-0.4, -0.2) is 16.1 Å². The molecular formula is C11H9F2N3O. The van der Waals surface area contributed by atoms with E-state index in [1.807, 2.05) is 0 Å². The van der Waals surface area contributed by atoms with Gasteiger partial charge in [0.2, 0.25) is 0 Å². The summed E-state index contributed by atoms with van der Waals surface area (Å²) in [7, 11) is 0. The molecule has 88 valence electrons. The van der Waals surface area contributed by atoms with Crippen LogP contribution in [0.15, 0.2) is 30.6 Å². The van der Waals surface area contributed by atoms with Crippen molar-refractivity contribution >= 4 is 5.91 Å². The molecule has 0 aliphatic rings. The van der Waals surface area contributed by atoms with Crippen molar-refractivity contribution in [3.05, 3.63) is 53.4 Å². The Morgan fingerprint density at radius 2 is 2.18 bits per heavy atom. The molecule has 1 amide bonds. The number of carbonyl (C=O) groups is 1. The van der Waals surface area contributed by atoms with Gasteiger partial charge in [-0.25, -0.2) is 8.78 Å². The highest BCUT2D eigenvalue weighted by atomic mass is 19.2. The standard InChI is InChI=1S/C11H9F2N3O/c12-9-2-1-7(3-10(9)13)4-14-11(17)8-5-15-16-6-8/h1-3,5-6H,4H2,(H,14,17)(H,15,16). The summed E-state index contributed by atoms with van der Waals surface area (Å²) in [5, 5.41) is 8.69. The van der Waals surface area contributed by atoms with E-state index in [0.29, 0.717) is 11.1 Å². The van der Waals surface area contributed by atoms with E-state index < -0.39 is 11.6 Å². The molecule has 0 spiro atoms. The van der Waals surface area contributed by atoms with Crippen molar-refractivity contribution in [1.82, 2.24) is 15.5 Å². The van der Waals surface area contributed by atoms with E-state index >= 15 is 0 Å². The number of aromatic nitrogens is 2. The second-order valence-corrected chi connectivity index (χ2v) is 3.42. The van der Waals surface area contributed by atoms with Crippen LogP contribution in [0.5, 0.6) is 0 Å². The van der Waals surface area contributed by atoms with Gasteiger partial charge in [-0.15, -0.1) is 0 Å². The van der Waals surface area contributed by atoms with Crippen molar-refractivity contribution in [2.45, 2.75) is 6.54 Å². The maximum absolute atomic E-state index is 12.9. The Morgan fingerprint density at radius 3 is 2.82 bits per heavy atom. The molecule has 0 fully saturated rings. The van der Waals surface area contributed by atoms with Gasteiger partial charge in [-0.1, -0.05) is 6.07 Å². The number of hydrogen-bond acceptors (Lipinski definition) is 2. The molecule has 0 aliphatic carbocycles. The summed E-state index contributed by atoms with van der Waals surface area (Å²) < 4.78 is 25.5. The fraction of sp³-hybridized carbons (Fsp3) is 0.0909. The lowest BCUT2D eigenvalue weighted by molar-refractivity contribution is 0.0951. The Morgan fingerprint density at radius 1 is 1.35 bits per heavy atom. The molecule has 1 aromatic carbocycles. The second kappa shape index (κ2) is 4.73. The summed E-state index contributed by atoms with van der Waals surface area (Å²) in [5.74, 6) is -2.17. The van der Waals surface area contributed by atoms with Gasteiger partial charge in [0.05, 0.1) is 11.8 Å². The second-order valence-electron chi connectivity index (χ2n) is 3.42. The summed E-state index contributed by atoms with van der Waals surface area (Å²) in [5.41, 5.74) is 0.869. The van der Waals surface area contributed by atoms with E-state index in [9.17, 15) is 13.6 Å². The topological polar surface area (TPSA) is 57.8 Å². The first-order valence-electron chi connectivity index (χ1n) is 4.88. The predicted molar refractivity (Wildman–Crippen MR) is 56.1 cm³/mol. The molecular weight excluding hydrogens is 228 g/mol. The molecule has 2 N–H and O–H groups in total. The summed E-state index contributed by atoms with van der Waals surface area (Å²) in [6, 6.07) is 3.48. The SMILES string of the molecule is O=C(NCc1ccc(F)c(F)c1)c1cn[nH]c1. The lowest BCUT2D eigenvalue weighted by Crippen LogP contribution is -2.22. The number of rotatable bonds is 3. The summed E-state index contributed by atoms with van der Waals surface area (Å²) >= 11 is 0. The van der Waals surface area contributed by atoms with Crippen LogP contribution in [-0.2, 0) is 6.54 Å². The Hall–Kier alpha value is -2.24. The Kier molecular flexibility index (Phi) is 3.13. The van der Waals surface area contributed by atoms with Gasteiger partial charge in [0.25, 0.3) is 5.91 Å². The number of aromatic amines is 1. The molecule has 0 bridgehead atoms. The quantitative estimate of drug-likeness (QED) is 0.852. The largest absolute Gasteiger partial charge is 0.348 e. The number of hydrogen-bond donors (Lipinski definition) is 2. The fourth-order valence-electron chi connectivity index (χ4n) is 1.31. The lowest BCUT2D eigenvalue weighted by Gasteiger charge is -2.04. The maximum atomic E-state index is 12.9. The van der Waals surface area contributed by atoms with Crippen LogP contribution in [0.2, 0.25) is 0 Å². The number of benzene rings is 1. The van der Waals surface area contributed by atoms with Crippen molar-refractivity contribution in [3.8, 4) is 0 Å². The third-order valence-electron chi connectivity index (χ3n) is 2.20. The molecule has 0 saturated carbocycles. The van der Waals surface area contributed by atoms with Crippen molar-refractivity contribution in [2.75, 3.05) is 0 Å². The third-order valence-corrected chi connectivity index (χ3v) is 2.20. The number of nitrogens with one attached hydrogen (secondary N) is 2. The zero-order valence-electron chi connectivity index (χ0n) is 8.71. The van der Waals surface area contributed by atoms with Crippen LogP contribution < -0.4 is 5.32 Å². The summed E-state index contributed by atoms with van der Waals surface area (Å²) in [6.45, 7) is 0.126. The number of amides is 1. The fourth-order valence-corrected chi connectivity index (χ4v) is 1.31. The molecule has 2 rings (SSSR count). The van der Waals surface area contributed by atoms with Gasteiger partial charge in [0.1, 0.15) is 0 Å². The third kappa shape index (κ3) is 2.66. The number of nitrogens with zero attached hydrogens (tertiary/aromatic N) is 1. The van der Waals surface area contributed by atoms with Gasteiger partial charge in [-0.3, -0.25) is 9.89 Å². The normalized spacial score (nSPS) is 10.2. The van der Waals surface area contributed by atoms with Gasteiger partial charge >= 0.3 is 0 Å². The highest BCUT2D eigenvalue weighted by Crippen LogP contribution is 2.08. The van der Waals surface area contributed by atoms with Gasteiger partial charge in [-0.05, 0) is 17.7 Å². The van der Waals surface area contributed by atoms with Crippen molar-refractivity contribution in [1.29, 1.82) is 0 Å². The molecule has 4 nitrogen and oxygen atoms in total. The van der Waals surface area contributed by atoms with Crippen LogP contribution in [0.1, 0.15) is 15.9 Å².